The maximum Gasteiger partial charge on any atom is 0.409 e. The van der Waals surface area contributed by atoms with Gasteiger partial charge in [0.25, 0.3) is 5.91 Å². The molecule has 1 N–H and O–H groups in total. The summed E-state index contributed by atoms with van der Waals surface area (Å²) < 4.78 is 6.66. The zero-order valence-corrected chi connectivity index (χ0v) is 16.9. The van der Waals surface area contributed by atoms with E-state index in [2.05, 4.69) is 10.4 Å². The second kappa shape index (κ2) is 7.27. The van der Waals surface area contributed by atoms with Gasteiger partial charge in [0, 0.05) is 24.5 Å². The average Bonchev–Trinajstić information content (AvgIpc) is 3.39. The number of benzene rings is 1. The van der Waals surface area contributed by atoms with Gasteiger partial charge in [-0.1, -0.05) is 18.2 Å². The first kappa shape index (κ1) is 18.5. The van der Waals surface area contributed by atoms with Gasteiger partial charge >= 0.3 is 6.09 Å². The van der Waals surface area contributed by atoms with Crippen LogP contribution in [0, 0.1) is 13.8 Å². The van der Waals surface area contributed by atoms with Gasteiger partial charge in [0.15, 0.2) is 0 Å². The van der Waals surface area contributed by atoms with Crippen molar-refractivity contribution in [1.82, 2.24) is 20.0 Å². The van der Waals surface area contributed by atoms with Crippen LogP contribution in [0.15, 0.2) is 30.3 Å². The number of rotatable bonds is 3. The minimum Gasteiger partial charge on any atom is -0.453 e. The van der Waals surface area contributed by atoms with Crippen molar-refractivity contribution in [2.24, 2.45) is 0 Å². The molecule has 1 aromatic carbocycles. The van der Waals surface area contributed by atoms with Crippen LogP contribution in [-0.4, -0.2) is 52.9 Å². The minimum atomic E-state index is -0.354. The van der Waals surface area contributed by atoms with Crippen molar-refractivity contribution < 1.29 is 14.3 Å². The maximum absolute atomic E-state index is 12.8. The zero-order valence-electron chi connectivity index (χ0n) is 16.1. The van der Waals surface area contributed by atoms with Gasteiger partial charge in [0.1, 0.15) is 4.83 Å². The van der Waals surface area contributed by atoms with E-state index >= 15 is 0 Å². The molecule has 0 saturated carbocycles. The number of hydrogen-bond acceptors (Lipinski definition) is 5. The number of likely N-dealkylation sites (tertiary alicyclic amines) is 1. The molecule has 2 aromatic heterocycles. The molecule has 7 nitrogen and oxygen atoms in total. The summed E-state index contributed by atoms with van der Waals surface area (Å²) in [5.74, 6) is -0.117. The predicted octanol–water partition coefficient (Wildman–Crippen LogP) is 3.27. The maximum atomic E-state index is 12.8. The first-order chi connectivity index (χ1) is 13.5. The highest BCUT2D eigenvalue weighted by Crippen LogP contribution is 2.31. The number of nitrogens with one attached hydrogen (secondary N) is 1. The minimum absolute atomic E-state index is 0.0641. The number of thiophene rings is 1. The molecule has 0 radical (unpaired) electrons. The van der Waals surface area contributed by atoms with Crippen LogP contribution >= 0.6 is 11.3 Å². The van der Waals surface area contributed by atoms with Crippen LogP contribution in [0.4, 0.5) is 4.79 Å². The Kier molecular flexibility index (Phi) is 4.80. The number of amides is 2. The number of aromatic nitrogens is 2. The quantitative estimate of drug-likeness (QED) is 0.735. The van der Waals surface area contributed by atoms with Crippen LogP contribution < -0.4 is 5.32 Å². The molecule has 1 aliphatic rings. The SMILES string of the molecule is COC(=O)N1CC[C@@H](NC(=O)c2cc3c(C)nn(-c4ccccc4C)c3s2)C1. The Morgan fingerprint density at radius 1 is 1.29 bits per heavy atom. The Balaban J connectivity index is 1.57. The molecule has 4 rings (SSSR count). The fourth-order valence-electron chi connectivity index (χ4n) is 3.55. The molecular weight excluding hydrogens is 376 g/mol. The second-order valence-corrected chi connectivity index (χ2v) is 8.02. The molecular formula is C20H22N4O3S. The molecule has 1 fully saturated rings. The van der Waals surface area contributed by atoms with Crippen molar-refractivity contribution in [2.75, 3.05) is 20.2 Å². The van der Waals surface area contributed by atoms with Crippen molar-refractivity contribution >= 4 is 33.6 Å². The summed E-state index contributed by atoms with van der Waals surface area (Å²) in [6.07, 6.45) is 0.370. The second-order valence-electron chi connectivity index (χ2n) is 6.99. The van der Waals surface area contributed by atoms with Crippen LogP contribution in [-0.2, 0) is 4.74 Å². The number of fused-ring (bicyclic) bond motifs is 1. The lowest BCUT2D eigenvalue weighted by Gasteiger charge is -2.15. The van der Waals surface area contributed by atoms with E-state index in [0.717, 1.165) is 33.6 Å². The summed E-state index contributed by atoms with van der Waals surface area (Å²) in [4.78, 5) is 27.6. The van der Waals surface area contributed by atoms with E-state index < -0.39 is 0 Å². The molecule has 8 heteroatoms. The summed E-state index contributed by atoms with van der Waals surface area (Å²) in [7, 11) is 1.37. The van der Waals surface area contributed by atoms with Crippen LogP contribution in [0.2, 0.25) is 0 Å². The van der Waals surface area contributed by atoms with Crippen molar-refractivity contribution in [2.45, 2.75) is 26.3 Å². The largest absolute Gasteiger partial charge is 0.453 e. The number of methoxy groups -OCH3 is 1. The Bertz CT molecular complexity index is 1060. The monoisotopic (exact) mass is 398 g/mol. The third-order valence-corrected chi connectivity index (χ3v) is 6.18. The first-order valence-corrected chi connectivity index (χ1v) is 9.98. The molecule has 0 spiro atoms. The van der Waals surface area contributed by atoms with E-state index in [-0.39, 0.29) is 18.0 Å². The Hall–Kier alpha value is -2.87. The number of carbonyl (C=O) groups is 2. The number of aryl methyl sites for hydroxylation is 2. The van der Waals surface area contributed by atoms with Crippen LogP contribution in [0.1, 0.15) is 27.3 Å². The van der Waals surface area contributed by atoms with Crippen molar-refractivity contribution in [3.05, 3.63) is 46.5 Å². The lowest BCUT2D eigenvalue weighted by molar-refractivity contribution is 0.0938. The van der Waals surface area contributed by atoms with Crippen molar-refractivity contribution in [3.8, 4) is 5.69 Å². The fraction of sp³-hybridized carbons (Fsp3) is 0.350. The normalized spacial score (nSPS) is 16.5. The van der Waals surface area contributed by atoms with Gasteiger partial charge in [0.2, 0.25) is 0 Å². The van der Waals surface area contributed by atoms with Gasteiger partial charge in [-0.05, 0) is 38.0 Å². The van der Waals surface area contributed by atoms with Gasteiger partial charge < -0.3 is 15.0 Å². The van der Waals surface area contributed by atoms with Gasteiger partial charge in [-0.15, -0.1) is 11.3 Å². The lowest BCUT2D eigenvalue weighted by Crippen LogP contribution is -2.38. The molecule has 2 amide bonds. The number of hydrogen-bond donors (Lipinski definition) is 1. The molecule has 3 heterocycles. The van der Waals surface area contributed by atoms with Crippen LogP contribution in [0.25, 0.3) is 15.9 Å². The number of para-hydroxylation sites is 1. The highest BCUT2D eigenvalue weighted by atomic mass is 32.1. The summed E-state index contributed by atoms with van der Waals surface area (Å²) in [5.41, 5.74) is 3.03. The third-order valence-electron chi connectivity index (χ3n) is 5.07. The van der Waals surface area contributed by atoms with E-state index in [4.69, 9.17) is 4.74 Å². The molecule has 0 unspecified atom stereocenters. The molecule has 1 saturated heterocycles. The van der Waals surface area contributed by atoms with E-state index in [9.17, 15) is 9.59 Å². The molecule has 3 aromatic rings. The summed E-state index contributed by atoms with van der Waals surface area (Å²) in [5, 5.41) is 8.68. The van der Waals surface area contributed by atoms with E-state index in [1.54, 1.807) is 4.90 Å². The zero-order chi connectivity index (χ0) is 19.8. The average molecular weight is 398 g/mol. The molecule has 0 aliphatic carbocycles. The summed E-state index contributed by atoms with van der Waals surface area (Å²) >= 11 is 1.43. The van der Waals surface area contributed by atoms with Crippen LogP contribution in [0.5, 0.6) is 0 Å². The van der Waals surface area contributed by atoms with E-state index in [1.807, 2.05) is 48.9 Å². The van der Waals surface area contributed by atoms with Crippen molar-refractivity contribution in [1.29, 1.82) is 0 Å². The highest BCUT2D eigenvalue weighted by Gasteiger charge is 2.28. The fourth-order valence-corrected chi connectivity index (χ4v) is 4.63. The Morgan fingerprint density at radius 3 is 2.82 bits per heavy atom. The first-order valence-electron chi connectivity index (χ1n) is 9.17. The van der Waals surface area contributed by atoms with Crippen LogP contribution in [0.3, 0.4) is 0 Å². The molecule has 28 heavy (non-hydrogen) atoms. The number of ether oxygens (including phenoxy) is 1. The molecule has 0 bridgehead atoms. The smallest absolute Gasteiger partial charge is 0.409 e. The highest BCUT2D eigenvalue weighted by molar-refractivity contribution is 7.20. The molecule has 1 aliphatic heterocycles. The van der Waals surface area contributed by atoms with Gasteiger partial charge in [-0.25, -0.2) is 9.48 Å². The predicted molar refractivity (Wildman–Crippen MR) is 108 cm³/mol. The topological polar surface area (TPSA) is 76.5 Å². The van der Waals surface area contributed by atoms with E-state index in [1.165, 1.54) is 18.4 Å². The van der Waals surface area contributed by atoms with Gasteiger partial charge in [-0.2, -0.15) is 5.10 Å². The number of nitrogens with zero attached hydrogens (tertiary/aromatic N) is 3. The lowest BCUT2D eigenvalue weighted by atomic mass is 10.2. The summed E-state index contributed by atoms with van der Waals surface area (Å²) in [6.45, 7) is 5.06. The van der Waals surface area contributed by atoms with Gasteiger partial charge in [-0.3, -0.25) is 4.79 Å². The van der Waals surface area contributed by atoms with Crippen molar-refractivity contribution in [3.63, 3.8) is 0 Å². The van der Waals surface area contributed by atoms with Gasteiger partial charge in [0.05, 0.1) is 23.4 Å². The Labute approximate surface area is 166 Å². The van der Waals surface area contributed by atoms with E-state index in [0.29, 0.717) is 18.0 Å². The summed E-state index contributed by atoms with van der Waals surface area (Å²) in [6, 6.07) is 9.90. The molecule has 1 atom stereocenters. The standard InChI is InChI=1S/C20H22N4O3S/c1-12-6-4-5-7-16(12)24-19-15(13(2)22-24)10-17(28-19)18(25)21-14-8-9-23(11-14)20(26)27-3/h4-7,10,14H,8-9,11H2,1-3H3,(H,21,25)/t14-/m1/s1. The number of carbonyl (C=O) groups excluding carboxylic acids is 2. The molecule has 146 valence electrons. The third kappa shape index (κ3) is 3.24. The Morgan fingerprint density at radius 2 is 2.07 bits per heavy atom.